The van der Waals surface area contributed by atoms with Crippen molar-refractivity contribution in [3.8, 4) is 0 Å². The summed E-state index contributed by atoms with van der Waals surface area (Å²) < 4.78 is 2.07. The summed E-state index contributed by atoms with van der Waals surface area (Å²) in [6.45, 7) is 0.804. The van der Waals surface area contributed by atoms with Crippen molar-refractivity contribution in [3.05, 3.63) is 24.3 Å². The maximum atomic E-state index is 12.0. The maximum Gasteiger partial charge on any atom is 0.233 e. The standard InChI is InChI=1S/C14H17N3OS/c1-17-11-7-3-2-6-10(11)16-14(17)19-12-8-4-5-9-15-13(12)18/h2-3,6-7,12H,4-5,8-9H2,1H3,(H,15,18). The molecule has 100 valence electrons. The maximum absolute atomic E-state index is 12.0. The first-order valence-corrected chi connectivity index (χ1v) is 7.49. The van der Waals surface area contributed by atoms with E-state index >= 15 is 0 Å². The normalized spacial score (nSPS) is 20.3. The molecule has 4 nitrogen and oxygen atoms in total. The molecule has 5 heteroatoms. The summed E-state index contributed by atoms with van der Waals surface area (Å²) >= 11 is 1.58. The summed E-state index contributed by atoms with van der Waals surface area (Å²) in [4.78, 5) is 16.6. The molecule has 1 N–H and O–H groups in total. The Bertz CT molecular complexity index is 608. The molecule has 1 aromatic carbocycles. The van der Waals surface area contributed by atoms with Crippen LogP contribution in [0.4, 0.5) is 0 Å². The number of hydrogen-bond donors (Lipinski definition) is 1. The lowest BCUT2D eigenvalue weighted by Crippen LogP contribution is -2.30. The van der Waals surface area contributed by atoms with Gasteiger partial charge in [0.05, 0.1) is 16.3 Å². The van der Waals surface area contributed by atoms with E-state index in [9.17, 15) is 4.79 Å². The van der Waals surface area contributed by atoms with E-state index in [0.29, 0.717) is 0 Å². The van der Waals surface area contributed by atoms with Gasteiger partial charge in [-0.2, -0.15) is 0 Å². The van der Waals surface area contributed by atoms with Crippen LogP contribution >= 0.6 is 11.8 Å². The van der Waals surface area contributed by atoms with Gasteiger partial charge in [0.15, 0.2) is 5.16 Å². The van der Waals surface area contributed by atoms with Crippen molar-refractivity contribution in [2.45, 2.75) is 29.7 Å². The second-order valence-corrected chi connectivity index (χ2v) is 6.01. The van der Waals surface area contributed by atoms with Crippen LogP contribution in [-0.2, 0) is 11.8 Å². The third-order valence-electron chi connectivity index (χ3n) is 3.48. The number of carbonyl (C=O) groups excluding carboxylic acids is 1. The third-order valence-corrected chi connectivity index (χ3v) is 4.79. The van der Waals surface area contributed by atoms with Gasteiger partial charge in [0.1, 0.15) is 0 Å². The van der Waals surface area contributed by atoms with Gasteiger partial charge in [-0.15, -0.1) is 0 Å². The van der Waals surface area contributed by atoms with E-state index in [0.717, 1.165) is 42.0 Å². The van der Waals surface area contributed by atoms with Gasteiger partial charge in [-0.05, 0) is 25.0 Å². The number of amides is 1. The van der Waals surface area contributed by atoms with Gasteiger partial charge in [-0.25, -0.2) is 4.98 Å². The number of aromatic nitrogens is 2. The highest BCUT2D eigenvalue weighted by atomic mass is 32.2. The van der Waals surface area contributed by atoms with Gasteiger partial charge in [0.25, 0.3) is 0 Å². The van der Waals surface area contributed by atoms with Crippen molar-refractivity contribution >= 4 is 28.7 Å². The molecule has 1 unspecified atom stereocenters. The minimum atomic E-state index is -0.0157. The third kappa shape index (κ3) is 2.47. The molecule has 1 aromatic heterocycles. The van der Waals surface area contributed by atoms with Crippen LogP contribution in [0.1, 0.15) is 19.3 Å². The predicted molar refractivity (Wildman–Crippen MR) is 77.2 cm³/mol. The zero-order valence-electron chi connectivity index (χ0n) is 10.9. The topological polar surface area (TPSA) is 46.9 Å². The molecule has 0 bridgehead atoms. The van der Waals surface area contributed by atoms with Crippen LogP contribution in [0.5, 0.6) is 0 Å². The lowest BCUT2D eigenvalue weighted by atomic mass is 10.2. The Hall–Kier alpha value is -1.49. The smallest absolute Gasteiger partial charge is 0.233 e. The molecule has 1 atom stereocenters. The predicted octanol–water partition coefficient (Wildman–Crippen LogP) is 2.33. The molecule has 1 amide bonds. The largest absolute Gasteiger partial charge is 0.355 e. The highest BCUT2D eigenvalue weighted by molar-refractivity contribution is 8.00. The van der Waals surface area contributed by atoms with Crippen LogP contribution in [0.25, 0.3) is 11.0 Å². The number of benzene rings is 1. The first-order chi connectivity index (χ1) is 9.25. The molecule has 0 radical (unpaired) electrons. The Morgan fingerprint density at radius 3 is 3.05 bits per heavy atom. The monoisotopic (exact) mass is 275 g/mol. The number of carbonyl (C=O) groups is 1. The minimum Gasteiger partial charge on any atom is -0.355 e. The second kappa shape index (κ2) is 5.25. The van der Waals surface area contributed by atoms with Crippen molar-refractivity contribution < 1.29 is 4.79 Å². The lowest BCUT2D eigenvalue weighted by Gasteiger charge is -2.11. The number of hydrogen-bond acceptors (Lipinski definition) is 3. The summed E-state index contributed by atoms with van der Waals surface area (Å²) in [5.74, 6) is 0.148. The van der Waals surface area contributed by atoms with Crippen molar-refractivity contribution in [1.29, 1.82) is 0 Å². The number of nitrogens with zero attached hydrogens (tertiary/aromatic N) is 2. The number of nitrogens with one attached hydrogen (secondary N) is 1. The molecule has 3 rings (SSSR count). The zero-order valence-corrected chi connectivity index (χ0v) is 11.7. The molecule has 2 aromatic rings. The van der Waals surface area contributed by atoms with Crippen LogP contribution in [0.15, 0.2) is 29.4 Å². The van der Waals surface area contributed by atoms with E-state index in [-0.39, 0.29) is 11.2 Å². The van der Waals surface area contributed by atoms with Crippen LogP contribution in [0, 0.1) is 0 Å². The average Bonchev–Trinajstić information content (AvgIpc) is 2.59. The zero-order chi connectivity index (χ0) is 13.2. The Kier molecular flexibility index (Phi) is 3.46. The Morgan fingerprint density at radius 1 is 1.37 bits per heavy atom. The summed E-state index contributed by atoms with van der Waals surface area (Å²) in [5, 5.41) is 3.88. The Balaban J connectivity index is 1.88. The highest BCUT2D eigenvalue weighted by Gasteiger charge is 2.23. The van der Waals surface area contributed by atoms with E-state index in [1.165, 1.54) is 0 Å². The molecule has 19 heavy (non-hydrogen) atoms. The van der Waals surface area contributed by atoms with Gasteiger partial charge in [0.2, 0.25) is 5.91 Å². The average molecular weight is 275 g/mol. The molecule has 1 aliphatic heterocycles. The SMILES string of the molecule is Cn1c(SC2CCCCNC2=O)nc2ccccc21. The summed E-state index contributed by atoms with van der Waals surface area (Å²) in [6, 6.07) is 8.06. The van der Waals surface area contributed by atoms with Crippen LogP contribution < -0.4 is 5.32 Å². The molecule has 1 aliphatic rings. The van der Waals surface area contributed by atoms with Gasteiger partial charge in [-0.3, -0.25) is 4.79 Å². The van der Waals surface area contributed by atoms with Crippen LogP contribution in [0.2, 0.25) is 0 Å². The molecule has 0 spiro atoms. The van der Waals surface area contributed by atoms with E-state index < -0.39 is 0 Å². The second-order valence-electron chi connectivity index (χ2n) is 4.84. The van der Waals surface area contributed by atoms with Gasteiger partial charge in [0, 0.05) is 13.6 Å². The van der Waals surface area contributed by atoms with Gasteiger partial charge >= 0.3 is 0 Å². The fraction of sp³-hybridized carbons (Fsp3) is 0.429. The van der Waals surface area contributed by atoms with Crippen LogP contribution in [-0.4, -0.2) is 27.3 Å². The first kappa shape index (κ1) is 12.5. The van der Waals surface area contributed by atoms with Gasteiger partial charge < -0.3 is 9.88 Å². The molecule has 1 saturated heterocycles. The number of fused-ring (bicyclic) bond motifs is 1. The van der Waals surface area contributed by atoms with Crippen molar-refractivity contribution in [3.63, 3.8) is 0 Å². The summed E-state index contributed by atoms with van der Waals surface area (Å²) in [7, 11) is 2.01. The quantitative estimate of drug-likeness (QED) is 0.915. The molecular weight excluding hydrogens is 258 g/mol. The number of para-hydroxylation sites is 2. The van der Waals surface area contributed by atoms with Crippen molar-refractivity contribution in [2.24, 2.45) is 7.05 Å². The van der Waals surface area contributed by atoms with Crippen molar-refractivity contribution in [2.75, 3.05) is 6.54 Å². The van der Waals surface area contributed by atoms with Gasteiger partial charge in [-0.1, -0.05) is 30.3 Å². The fourth-order valence-electron chi connectivity index (χ4n) is 2.38. The van der Waals surface area contributed by atoms with E-state index in [1.54, 1.807) is 11.8 Å². The number of imidazole rings is 1. The van der Waals surface area contributed by atoms with E-state index in [4.69, 9.17) is 0 Å². The van der Waals surface area contributed by atoms with Crippen LogP contribution in [0.3, 0.4) is 0 Å². The Labute approximate surface area is 116 Å². The lowest BCUT2D eigenvalue weighted by molar-refractivity contribution is -0.120. The Morgan fingerprint density at radius 2 is 2.21 bits per heavy atom. The fourth-order valence-corrected chi connectivity index (χ4v) is 3.52. The highest BCUT2D eigenvalue weighted by Crippen LogP contribution is 2.29. The number of thioether (sulfide) groups is 1. The number of rotatable bonds is 2. The number of aryl methyl sites for hydroxylation is 1. The minimum absolute atomic E-state index is 0.0157. The van der Waals surface area contributed by atoms with E-state index in [1.807, 2.05) is 25.2 Å². The summed E-state index contributed by atoms with van der Waals surface area (Å²) in [6.07, 6.45) is 3.10. The molecule has 0 aliphatic carbocycles. The first-order valence-electron chi connectivity index (χ1n) is 6.61. The van der Waals surface area contributed by atoms with E-state index in [2.05, 4.69) is 20.9 Å². The van der Waals surface area contributed by atoms with Crippen molar-refractivity contribution in [1.82, 2.24) is 14.9 Å². The molecule has 2 heterocycles. The summed E-state index contributed by atoms with van der Waals surface area (Å²) in [5.41, 5.74) is 2.10. The molecule has 0 saturated carbocycles. The molecule has 1 fully saturated rings. The molecular formula is C14H17N3OS.